The Morgan fingerprint density at radius 2 is 1.86 bits per heavy atom. The van der Waals surface area contributed by atoms with Crippen molar-refractivity contribution < 1.29 is 13.2 Å². The third-order valence-corrected chi connectivity index (χ3v) is 5.13. The van der Waals surface area contributed by atoms with Crippen LogP contribution in [0.2, 0.25) is 0 Å². The van der Waals surface area contributed by atoms with E-state index in [4.69, 9.17) is 0 Å². The minimum Gasteiger partial charge on any atom is -0.349 e. The van der Waals surface area contributed by atoms with Gasteiger partial charge < -0.3 is 14.8 Å². The summed E-state index contributed by atoms with van der Waals surface area (Å²) in [7, 11) is 3.65. The van der Waals surface area contributed by atoms with Crippen LogP contribution in [0.25, 0.3) is 11.0 Å². The largest absolute Gasteiger partial charge is 0.403 e. The number of aromatic nitrogens is 2. The lowest BCUT2D eigenvalue weighted by Gasteiger charge is -2.39. The number of imidazole rings is 1. The number of piperazine rings is 1. The first-order valence-electron chi connectivity index (χ1n) is 8.98. The van der Waals surface area contributed by atoms with Gasteiger partial charge >= 0.3 is 6.18 Å². The maximum absolute atomic E-state index is 12.9. The van der Waals surface area contributed by atoms with E-state index in [0.29, 0.717) is 38.7 Å². The lowest BCUT2D eigenvalue weighted by atomic mass is 10.2. The summed E-state index contributed by atoms with van der Waals surface area (Å²) in [6.07, 6.45) is -4.19. The van der Waals surface area contributed by atoms with Gasteiger partial charge in [-0.15, -0.1) is 24.0 Å². The predicted molar refractivity (Wildman–Crippen MR) is 115 cm³/mol. The fourth-order valence-corrected chi connectivity index (χ4v) is 3.37. The summed E-state index contributed by atoms with van der Waals surface area (Å²) in [5.41, 5.74) is 1.99. The highest BCUT2D eigenvalue weighted by Gasteiger charge is 2.41. The Morgan fingerprint density at radius 1 is 1.21 bits per heavy atom. The normalized spacial score (nSPS) is 17.5. The number of alkyl halides is 3. The van der Waals surface area contributed by atoms with Crippen LogP contribution in [0.1, 0.15) is 12.7 Å². The average Bonchev–Trinajstić information content (AvgIpc) is 2.98. The van der Waals surface area contributed by atoms with Gasteiger partial charge in [-0.3, -0.25) is 9.89 Å². The van der Waals surface area contributed by atoms with E-state index in [9.17, 15) is 13.2 Å². The van der Waals surface area contributed by atoms with Crippen LogP contribution in [-0.4, -0.2) is 70.8 Å². The van der Waals surface area contributed by atoms with Gasteiger partial charge in [0.15, 0.2) is 5.96 Å². The molecule has 1 aliphatic heterocycles. The molecule has 6 nitrogen and oxygen atoms in total. The fourth-order valence-electron chi connectivity index (χ4n) is 3.37. The van der Waals surface area contributed by atoms with Gasteiger partial charge in [0.2, 0.25) is 0 Å². The number of fused-ring (bicyclic) bond motifs is 1. The first-order valence-corrected chi connectivity index (χ1v) is 8.98. The van der Waals surface area contributed by atoms with E-state index < -0.39 is 12.2 Å². The number of aliphatic imine (C=N–C) groups is 1. The molecule has 1 aromatic heterocycles. The smallest absolute Gasteiger partial charge is 0.349 e. The van der Waals surface area contributed by atoms with Crippen LogP contribution in [0.4, 0.5) is 13.2 Å². The summed E-state index contributed by atoms with van der Waals surface area (Å²) in [5, 5.41) is 3.28. The number of hydrogen-bond donors (Lipinski definition) is 1. The van der Waals surface area contributed by atoms with Crippen molar-refractivity contribution >= 4 is 41.0 Å². The van der Waals surface area contributed by atoms with Crippen molar-refractivity contribution in [1.82, 2.24) is 24.7 Å². The highest BCUT2D eigenvalue weighted by atomic mass is 127. The number of benzene rings is 1. The van der Waals surface area contributed by atoms with E-state index in [2.05, 4.69) is 15.3 Å². The predicted octanol–water partition coefficient (Wildman–Crippen LogP) is 2.84. The third kappa shape index (κ3) is 4.88. The Labute approximate surface area is 179 Å². The Bertz CT molecular complexity index is 811. The first kappa shape index (κ1) is 22.7. The van der Waals surface area contributed by atoms with E-state index in [0.717, 1.165) is 16.9 Å². The Balaban J connectivity index is 0.00000280. The van der Waals surface area contributed by atoms with Crippen molar-refractivity contribution in [2.45, 2.75) is 25.7 Å². The van der Waals surface area contributed by atoms with Gasteiger partial charge in [0.1, 0.15) is 11.9 Å². The standard InChI is InChI=1S/C18H25F3N6.HI/c1-13(18(19,20)21)26-8-10-27(11-9-26)17(22-2)23-12-16-24-14-6-4-5-7-15(14)25(16)3;/h4-7,13H,8-12H2,1-3H3,(H,22,23);1H. The van der Waals surface area contributed by atoms with Gasteiger partial charge in [0, 0.05) is 40.3 Å². The topological polar surface area (TPSA) is 48.7 Å². The highest BCUT2D eigenvalue weighted by molar-refractivity contribution is 14.0. The second-order valence-corrected chi connectivity index (χ2v) is 6.72. The van der Waals surface area contributed by atoms with E-state index >= 15 is 0 Å². The van der Waals surface area contributed by atoms with E-state index in [1.807, 2.05) is 40.8 Å². The number of nitrogens with one attached hydrogen (secondary N) is 1. The molecule has 1 aromatic carbocycles. The number of hydrogen-bond acceptors (Lipinski definition) is 3. The molecule has 0 radical (unpaired) electrons. The van der Waals surface area contributed by atoms with Gasteiger partial charge in [0.05, 0.1) is 17.6 Å². The Hall–Kier alpha value is -1.56. The van der Waals surface area contributed by atoms with E-state index in [1.165, 1.54) is 11.8 Å². The molecule has 1 saturated heterocycles. The number of rotatable bonds is 3. The van der Waals surface area contributed by atoms with E-state index in [1.54, 1.807) is 7.05 Å². The molecule has 1 N–H and O–H groups in total. The summed E-state index contributed by atoms with van der Waals surface area (Å²) in [6, 6.07) is 6.49. The minimum absolute atomic E-state index is 0. The minimum atomic E-state index is -4.19. The summed E-state index contributed by atoms with van der Waals surface area (Å²) in [4.78, 5) is 12.4. The first-order chi connectivity index (χ1) is 12.8. The zero-order valence-electron chi connectivity index (χ0n) is 16.2. The lowest BCUT2D eigenvalue weighted by molar-refractivity contribution is -0.181. The van der Waals surface area contributed by atoms with Crippen molar-refractivity contribution in [3.8, 4) is 0 Å². The molecule has 1 fully saturated rings. The SMILES string of the molecule is CN=C(NCc1nc2ccccc2n1C)N1CCN(C(C)C(F)(F)F)CC1.I. The molecule has 0 aliphatic carbocycles. The van der Waals surface area contributed by atoms with Crippen LogP contribution < -0.4 is 5.32 Å². The second-order valence-electron chi connectivity index (χ2n) is 6.72. The molecule has 10 heteroatoms. The number of aryl methyl sites for hydroxylation is 1. The third-order valence-electron chi connectivity index (χ3n) is 5.13. The van der Waals surface area contributed by atoms with Crippen molar-refractivity contribution in [1.29, 1.82) is 0 Å². The zero-order valence-corrected chi connectivity index (χ0v) is 18.5. The average molecular weight is 510 g/mol. The molecule has 1 aliphatic rings. The summed E-state index contributed by atoms with van der Waals surface area (Å²) in [6.45, 7) is 3.43. The second kappa shape index (κ2) is 9.29. The van der Waals surface area contributed by atoms with Gasteiger partial charge in [-0.2, -0.15) is 13.2 Å². The van der Waals surface area contributed by atoms with Crippen LogP contribution in [-0.2, 0) is 13.6 Å². The van der Waals surface area contributed by atoms with Crippen LogP contribution in [0.3, 0.4) is 0 Å². The van der Waals surface area contributed by atoms with Crippen molar-refractivity contribution in [2.24, 2.45) is 12.0 Å². The van der Waals surface area contributed by atoms with Gasteiger partial charge in [-0.05, 0) is 19.1 Å². The molecular weight excluding hydrogens is 484 g/mol. The van der Waals surface area contributed by atoms with E-state index in [-0.39, 0.29) is 24.0 Å². The number of halogens is 4. The molecule has 2 aromatic rings. The quantitative estimate of drug-likeness (QED) is 0.392. The molecular formula is C18H26F3IN6. The summed E-state index contributed by atoms with van der Waals surface area (Å²) >= 11 is 0. The summed E-state index contributed by atoms with van der Waals surface area (Å²) < 4.78 is 40.7. The fraction of sp³-hybridized carbons (Fsp3) is 0.556. The van der Waals surface area contributed by atoms with Crippen LogP contribution in [0, 0.1) is 0 Å². The molecule has 0 spiro atoms. The van der Waals surface area contributed by atoms with Crippen molar-refractivity contribution in [2.75, 3.05) is 33.2 Å². The van der Waals surface area contributed by atoms with Gasteiger partial charge in [0.25, 0.3) is 0 Å². The molecule has 2 heterocycles. The number of para-hydroxylation sites is 2. The van der Waals surface area contributed by atoms with Crippen LogP contribution in [0.15, 0.2) is 29.3 Å². The Morgan fingerprint density at radius 3 is 2.43 bits per heavy atom. The number of guanidine groups is 1. The molecule has 1 unspecified atom stereocenters. The molecule has 0 bridgehead atoms. The lowest BCUT2D eigenvalue weighted by Crippen LogP contribution is -2.56. The molecule has 0 saturated carbocycles. The Kier molecular flexibility index (Phi) is 7.54. The zero-order chi connectivity index (χ0) is 19.6. The molecule has 28 heavy (non-hydrogen) atoms. The van der Waals surface area contributed by atoms with Crippen LogP contribution >= 0.6 is 24.0 Å². The maximum Gasteiger partial charge on any atom is 0.403 e. The maximum atomic E-state index is 12.9. The van der Waals surface area contributed by atoms with Crippen molar-refractivity contribution in [3.05, 3.63) is 30.1 Å². The molecule has 3 rings (SSSR count). The number of nitrogens with zero attached hydrogens (tertiary/aromatic N) is 5. The van der Waals surface area contributed by atoms with Gasteiger partial charge in [-0.1, -0.05) is 12.1 Å². The van der Waals surface area contributed by atoms with Crippen LogP contribution in [0.5, 0.6) is 0 Å². The van der Waals surface area contributed by atoms with Gasteiger partial charge in [-0.25, -0.2) is 4.98 Å². The molecule has 0 amide bonds. The highest BCUT2D eigenvalue weighted by Crippen LogP contribution is 2.25. The van der Waals surface area contributed by atoms with Crippen molar-refractivity contribution in [3.63, 3.8) is 0 Å². The monoisotopic (exact) mass is 510 g/mol. The summed E-state index contributed by atoms with van der Waals surface area (Å²) in [5.74, 6) is 1.56. The molecule has 1 atom stereocenters. The molecule has 156 valence electrons.